The molecule has 1 aliphatic carbocycles. The van der Waals surface area contributed by atoms with Crippen LogP contribution in [0.2, 0.25) is 0 Å². The number of nitrogens with one attached hydrogen (secondary N) is 1. The quantitative estimate of drug-likeness (QED) is 0.689. The van der Waals surface area contributed by atoms with Crippen molar-refractivity contribution in [3.05, 3.63) is 59.7 Å². The molecule has 0 spiro atoms. The average Bonchev–Trinajstić information content (AvgIpc) is 3.38. The fourth-order valence-corrected chi connectivity index (χ4v) is 5.34. The average molecular weight is 409 g/mol. The zero-order valence-corrected chi connectivity index (χ0v) is 17.9. The van der Waals surface area contributed by atoms with E-state index in [1.807, 2.05) is 41.3 Å². The summed E-state index contributed by atoms with van der Waals surface area (Å²) in [5.41, 5.74) is 4.04. The number of thioether (sulfide) groups is 1. The molecule has 0 radical (unpaired) electrons. The lowest BCUT2D eigenvalue weighted by Crippen LogP contribution is -2.28. The fraction of sp³-hybridized carbons (Fsp3) is 0.417. The number of hydrogen-bond acceptors (Lipinski definition) is 3. The van der Waals surface area contributed by atoms with Gasteiger partial charge in [-0.25, -0.2) is 0 Å². The lowest BCUT2D eigenvalue weighted by atomic mass is 10.0. The summed E-state index contributed by atoms with van der Waals surface area (Å²) >= 11 is 1.63. The molecular formula is C24H28N2O2S. The van der Waals surface area contributed by atoms with Crippen molar-refractivity contribution in [2.24, 2.45) is 5.92 Å². The van der Waals surface area contributed by atoms with E-state index in [1.54, 1.807) is 11.8 Å². The molecule has 1 saturated heterocycles. The first-order chi connectivity index (χ1) is 14.0. The van der Waals surface area contributed by atoms with E-state index in [0.29, 0.717) is 11.7 Å². The van der Waals surface area contributed by atoms with E-state index in [4.69, 9.17) is 0 Å². The molecular weight excluding hydrogens is 380 g/mol. The Morgan fingerprint density at radius 3 is 2.52 bits per heavy atom. The minimum atomic E-state index is -0.0734. The zero-order valence-electron chi connectivity index (χ0n) is 17.1. The first-order valence-electron chi connectivity index (χ1n) is 10.5. The van der Waals surface area contributed by atoms with Crippen LogP contribution in [0.1, 0.15) is 61.9 Å². The van der Waals surface area contributed by atoms with Crippen molar-refractivity contribution in [1.82, 2.24) is 0 Å². The summed E-state index contributed by atoms with van der Waals surface area (Å²) in [6.45, 7) is 4.33. The third kappa shape index (κ3) is 4.35. The normalized spacial score (nSPS) is 19.9. The Hall–Kier alpha value is -2.27. The molecule has 1 aliphatic heterocycles. The monoisotopic (exact) mass is 408 g/mol. The van der Waals surface area contributed by atoms with Gasteiger partial charge in [0.25, 0.3) is 0 Å². The molecule has 2 aliphatic rings. The van der Waals surface area contributed by atoms with Gasteiger partial charge in [-0.1, -0.05) is 51.0 Å². The third-order valence-corrected chi connectivity index (χ3v) is 7.08. The number of carbonyl (C=O) groups is 2. The van der Waals surface area contributed by atoms with Crippen LogP contribution in [0.5, 0.6) is 0 Å². The summed E-state index contributed by atoms with van der Waals surface area (Å²) in [7, 11) is 0. The van der Waals surface area contributed by atoms with Crippen LogP contribution in [0.15, 0.2) is 48.5 Å². The SMILES string of the molecule is CC(C)c1ccc(N2C(=O)CSC2c2cccc(NC(=O)C3CCCC3)c2)cc1. The van der Waals surface area contributed by atoms with Crippen LogP contribution in [-0.4, -0.2) is 17.6 Å². The van der Waals surface area contributed by atoms with Gasteiger partial charge in [-0.05, 0) is 54.2 Å². The first-order valence-corrected chi connectivity index (χ1v) is 11.5. The van der Waals surface area contributed by atoms with E-state index in [1.165, 1.54) is 5.56 Å². The highest BCUT2D eigenvalue weighted by molar-refractivity contribution is 8.00. The van der Waals surface area contributed by atoms with Gasteiger partial charge in [0, 0.05) is 17.3 Å². The summed E-state index contributed by atoms with van der Waals surface area (Å²) in [6.07, 6.45) is 4.25. The molecule has 1 saturated carbocycles. The first kappa shape index (κ1) is 20.0. The Bertz CT molecular complexity index is 888. The molecule has 29 heavy (non-hydrogen) atoms. The predicted octanol–water partition coefficient (Wildman–Crippen LogP) is 5.72. The largest absolute Gasteiger partial charge is 0.326 e. The molecule has 152 valence electrons. The van der Waals surface area contributed by atoms with Crippen LogP contribution >= 0.6 is 11.8 Å². The van der Waals surface area contributed by atoms with Crippen LogP contribution in [0.3, 0.4) is 0 Å². The number of nitrogens with zero attached hydrogens (tertiary/aromatic N) is 1. The molecule has 4 nitrogen and oxygen atoms in total. The summed E-state index contributed by atoms with van der Waals surface area (Å²) < 4.78 is 0. The summed E-state index contributed by atoms with van der Waals surface area (Å²) in [5, 5.41) is 3.01. The van der Waals surface area contributed by atoms with Crippen molar-refractivity contribution in [3.8, 4) is 0 Å². The Balaban J connectivity index is 1.54. The maximum absolute atomic E-state index is 12.6. The van der Waals surface area contributed by atoms with Crippen LogP contribution in [-0.2, 0) is 9.59 Å². The van der Waals surface area contributed by atoms with Crippen molar-refractivity contribution >= 4 is 35.0 Å². The third-order valence-electron chi connectivity index (χ3n) is 5.87. The molecule has 2 aromatic carbocycles. The Kier molecular flexibility index (Phi) is 5.95. The minimum absolute atomic E-state index is 0.0734. The summed E-state index contributed by atoms with van der Waals surface area (Å²) in [6, 6.07) is 16.2. The molecule has 2 amide bonds. The maximum Gasteiger partial charge on any atom is 0.238 e. The summed E-state index contributed by atoms with van der Waals surface area (Å²) in [5.74, 6) is 1.31. The van der Waals surface area contributed by atoms with Gasteiger partial charge in [0.15, 0.2) is 0 Å². The molecule has 4 rings (SSSR count). The minimum Gasteiger partial charge on any atom is -0.326 e. The molecule has 5 heteroatoms. The van der Waals surface area contributed by atoms with Crippen molar-refractivity contribution in [1.29, 1.82) is 0 Å². The highest BCUT2D eigenvalue weighted by Crippen LogP contribution is 2.42. The number of benzene rings is 2. The molecule has 1 N–H and O–H groups in total. The number of rotatable bonds is 5. The van der Waals surface area contributed by atoms with Gasteiger partial charge in [-0.2, -0.15) is 0 Å². The van der Waals surface area contributed by atoms with Crippen LogP contribution in [0.25, 0.3) is 0 Å². The lowest BCUT2D eigenvalue weighted by Gasteiger charge is -2.25. The second kappa shape index (κ2) is 8.62. The topological polar surface area (TPSA) is 49.4 Å². The van der Waals surface area contributed by atoms with Gasteiger partial charge in [0.2, 0.25) is 11.8 Å². The van der Waals surface area contributed by atoms with Crippen LogP contribution in [0, 0.1) is 5.92 Å². The highest BCUT2D eigenvalue weighted by Gasteiger charge is 2.34. The molecule has 2 aromatic rings. The van der Waals surface area contributed by atoms with Crippen molar-refractivity contribution in [2.75, 3.05) is 16.0 Å². The van der Waals surface area contributed by atoms with E-state index in [0.717, 1.165) is 42.6 Å². The molecule has 1 atom stereocenters. The van der Waals surface area contributed by atoms with Gasteiger partial charge in [-0.15, -0.1) is 11.8 Å². The van der Waals surface area contributed by atoms with Crippen LogP contribution < -0.4 is 10.2 Å². The number of anilines is 2. The second-order valence-corrected chi connectivity index (χ2v) is 9.34. The zero-order chi connectivity index (χ0) is 20.4. The smallest absolute Gasteiger partial charge is 0.238 e. The van der Waals surface area contributed by atoms with E-state index in [-0.39, 0.29) is 23.1 Å². The van der Waals surface area contributed by atoms with Gasteiger partial charge >= 0.3 is 0 Å². The predicted molar refractivity (Wildman–Crippen MR) is 120 cm³/mol. The van der Waals surface area contributed by atoms with E-state index < -0.39 is 0 Å². The van der Waals surface area contributed by atoms with Crippen molar-refractivity contribution in [3.63, 3.8) is 0 Å². The molecule has 1 unspecified atom stereocenters. The van der Waals surface area contributed by atoms with E-state index in [2.05, 4.69) is 31.3 Å². The van der Waals surface area contributed by atoms with Gasteiger partial charge < -0.3 is 5.32 Å². The maximum atomic E-state index is 12.6. The van der Waals surface area contributed by atoms with Gasteiger partial charge in [-0.3, -0.25) is 14.5 Å². The molecule has 0 aromatic heterocycles. The molecule has 2 fully saturated rings. The van der Waals surface area contributed by atoms with Gasteiger partial charge in [0.05, 0.1) is 5.75 Å². The standard InChI is InChI=1S/C24H28N2O2S/c1-16(2)17-10-12-21(13-11-17)26-22(27)15-29-24(26)19-8-5-9-20(14-19)25-23(28)18-6-3-4-7-18/h5,8-14,16,18,24H,3-4,6-7,15H2,1-2H3,(H,25,28). The molecule has 0 bridgehead atoms. The fourth-order valence-electron chi connectivity index (χ4n) is 4.17. The summed E-state index contributed by atoms with van der Waals surface area (Å²) in [4.78, 5) is 27.0. The Morgan fingerprint density at radius 2 is 1.83 bits per heavy atom. The van der Waals surface area contributed by atoms with Crippen molar-refractivity contribution < 1.29 is 9.59 Å². The Labute approximate surface area is 177 Å². The van der Waals surface area contributed by atoms with Gasteiger partial charge in [0.1, 0.15) is 5.37 Å². The molecule has 1 heterocycles. The van der Waals surface area contributed by atoms with Crippen LogP contribution in [0.4, 0.5) is 11.4 Å². The van der Waals surface area contributed by atoms with E-state index >= 15 is 0 Å². The lowest BCUT2D eigenvalue weighted by molar-refractivity contribution is -0.119. The second-order valence-electron chi connectivity index (χ2n) is 8.27. The number of hydrogen-bond donors (Lipinski definition) is 1. The Morgan fingerprint density at radius 1 is 1.10 bits per heavy atom. The van der Waals surface area contributed by atoms with Crippen molar-refractivity contribution in [2.45, 2.75) is 50.8 Å². The number of carbonyl (C=O) groups excluding carboxylic acids is 2. The number of amides is 2. The van der Waals surface area contributed by atoms with E-state index in [9.17, 15) is 9.59 Å². The highest BCUT2D eigenvalue weighted by atomic mass is 32.2.